The van der Waals surface area contributed by atoms with E-state index in [9.17, 15) is 9.59 Å². The largest absolute Gasteiger partial charge is 0.443 e. The zero-order chi connectivity index (χ0) is 19.9. The summed E-state index contributed by atoms with van der Waals surface area (Å²) in [5.41, 5.74) is 1.38. The fourth-order valence-corrected chi connectivity index (χ4v) is 2.93. The Morgan fingerprint density at radius 1 is 1.30 bits per heavy atom. The molecule has 144 valence electrons. The van der Waals surface area contributed by atoms with E-state index in [1.54, 1.807) is 37.6 Å². The third kappa shape index (κ3) is 3.51. The topological polar surface area (TPSA) is 92.1 Å². The van der Waals surface area contributed by atoms with E-state index in [4.69, 9.17) is 9.26 Å². The molecule has 0 N–H and O–H groups in total. The molecule has 0 radical (unpaired) electrons. The summed E-state index contributed by atoms with van der Waals surface area (Å²) in [6.45, 7) is 11.2. The van der Waals surface area contributed by atoms with Crippen molar-refractivity contribution in [3.63, 3.8) is 0 Å². The Kier molecular flexibility index (Phi) is 4.67. The molecule has 8 nitrogen and oxygen atoms in total. The van der Waals surface area contributed by atoms with Gasteiger partial charge in [-0.15, -0.1) is 0 Å². The van der Waals surface area contributed by atoms with E-state index < -0.39 is 11.7 Å². The van der Waals surface area contributed by atoms with Gasteiger partial charge in [-0.25, -0.2) is 14.3 Å². The van der Waals surface area contributed by atoms with Crippen molar-refractivity contribution in [1.29, 1.82) is 0 Å². The lowest BCUT2D eigenvalue weighted by atomic mass is 10.2. The Labute approximate surface area is 156 Å². The number of ether oxygens (including phenoxy) is 1. The first-order valence-electron chi connectivity index (χ1n) is 8.88. The number of pyridine rings is 1. The van der Waals surface area contributed by atoms with E-state index in [0.29, 0.717) is 30.1 Å². The van der Waals surface area contributed by atoms with Crippen molar-refractivity contribution in [2.24, 2.45) is 0 Å². The summed E-state index contributed by atoms with van der Waals surface area (Å²) >= 11 is 0. The number of carbonyl (C=O) groups is 1. The van der Waals surface area contributed by atoms with Crippen LogP contribution in [0.5, 0.6) is 0 Å². The van der Waals surface area contributed by atoms with Crippen molar-refractivity contribution < 1.29 is 14.1 Å². The molecule has 3 rings (SSSR count). The van der Waals surface area contributed by atoms with E-state index in [0.717, 1.165) is 11.3 Å². The summed E-state index contributed by atoms with van der Waals surface area (Å²) in [5, 5.41) is 3.92. The van der Waals surface area contributed by atoms with E-state index in [1.807, 2.05) is 20.8 Å². The van der Waals surface area contributed by atoms with Gasteiger partial charge in [0, 0.05) is 18.2 Å². The molecule has 8 heteroatoms. The van der Waals surface area contributed by atoms with Crippen LogP contribution in [0.4, 0.5) is 4.79 Å². The maximum Gasteiger partial charge on any atom is 0.420 e. The molecule has 0 aliphatic heterocycles. The van der Waals surface area contributed by atoms with E-state index >= 15 is 0 Å². The first kappa shape index (κ1) is 18.9. The summed E-state index contributed by atoms with van der Waals surface area (Å²) < 4.78 is 13.6. The van der Waals surface area contributed by atoms with Crippen molar-refractivity contribution >= 4 is 17.1 Å². The van der Waals surface area contributed by atoms with Gasteiger partial charge < -0.3 is 13.8 Å². The first-order chi connectivity index (χ1) is 12.6. The highest BCUT2D eigenvalue weighted by Crippen LogP contribution is 2.18. The average molecular weight is 372 g/mol. The molecular formula is C19H24N4O4. The lowest BCUT2D eigenvalue weighted by molar-refractivity contribution is 0.0539. The van der Waals surface area contributed by atoms with Crippen molar-refractivity contribution in [2.75, 3.05) is 0 Å². The molecule has 0 saturated carbocycles. The zero-order valence-corrected chi connectivity index (χ0v) is 16.5. The number of hydrogen-bond acceptors (Lipinski definition) is 6. The molecule has 0 fully saturated rings. The van der Waals surface area contributed by atoms with Crippen LogP contribution >= 0.6 is 0 Å². The van der Waals surface area contributed by atoms with Gasteiger partial charge in [-0.05, 0) is 40.7 Å². The van der Waals surface area contributed by atoms with Crippen LogP contribution < -0.4 is 5.56 Å². The molecule has 0 amide bonds. The first-order valence-corrected chi connectivity index (χ1v) is 8.88. The van der Waals surface area contributed by atoms with E-state index in [-0.39, 0.29) is 11.1 Å². The molecule has 0 aromatic carbocycles. The van der Waals surface area contributed by atoms with Crippen LogP contribution in [0.25, 0.3) is 11.0 Å². The number of nitrogens with zero attached hydrogens (tertiary/aromatic N) is 4. The minimum absolute atomic E-state index is 0.243. The molecule has 3 aromatic rings. The molecule has 0 aliphatic rings. The van der Waals surface area contributed by atoms with Gasteiger partial charge in [-0.2, -0.15) is 0 Å². The summed E-state index contributed by atoms with van der Waals surface area (Å²) in [7, 11) is 0. The molecule has 0 aliphatic carbocycles. The normalized spacial score (nSPS) is 11.9. The van der Waals surface area contributed by atoms with Gasteiger partial charge in [0.25, 0.3) is 5.56 Å². The number of aryl methyl sites for hydroxylation is 3. The highest BCUT2D eigenvalue weighted by atomic mass is 16.6. The fourth-order valence-electron chi connectivity index (χ4n) is 2.93. The Morgan fingerprint density at radius 2 is 2.00 bits per heavy atom. The van der Waals surface area contributed by atoms with Crippen molar-refractivity contribution in [3.05, 3.63) is 45.5 Å². The van der Waals surface area contributed by atoms with Crippen molar-refractivity contribution in [3.8, 4) is 0 Å². The molecule has 3 heterocycles. The number of aromatic nitrogens is 4. The maximum atomic E-state index is 13.0. The number of fused-ring (bicyclic) bond motifs is 1. The summed E-state index contributed by atoms with van der Waals surface area (Å²) in [6.07, 6.45) is 1.61. The minimum atomic E-state index is -0.642. The molecule has 0 bridgehead atoms. The lowest BCUT2D eigenvalue weighted by Gasteiger charge is -2.20. The van der Waals surface area contributed by atoms with E-state index in [2.05, 4.69) is 10.1 Å². The van der Waals surface area contributed by atoms with Gasteiger partial charge in [0.05, 0.1) is 17.8 Å². The smallest absolute Gasteiger partial charge is 0.420 e. The standard InChI is InChI=1S/C19H24N4O4/c1-7-15-20-16-14(23(15)18(25)26-19(4,5)6)8-9-22(17(16)24)10-13-11(2)21-27-12(13)3/h8-9H,7,10H2,1-6H3. The van der Waals surface area contributed by atoms with Crippen LogP contribution in [0.3, 0.4) is 0 Å². The van der Waals surface area contributed by atoms with Crippen LogP contribution in [0.2, 0.25) is 0 Å². The average Bonchev–Trinajstić information content (AvgIpc) is 3.10. The summed E-state index contributed by atoms with van der Waals surface area (Å²) in [5.74, 6) is 1.17. The quantitative estimate of drug-likeness (QED) is 0.701. The fraction of sp³-hybridized carbons (Fsp3) is 0.474. The molecule has 0 spiro atoms. The maximum absolute atomic E-state index is 13.0. The molecule has 3 aromatic heterocycles. The SMILES string of the molecule is CCc1nc2c(=O)n(Cc3c(C)noc3C)ccc2n1C(=O)OC(C)(C)C. The zero-order valence-electron chi connectivity index (χ0n) is 16.5. The van der Waals surface area contributed by atoms with E-state index in [1.165, 1.54) is 4.57 Å². The predicted molar refractivity (Wildman–Crippen MR) is 100 cm³/mol. The van der Waals surface area contributed by atoms with Crippen LogP contribution in [-0.2, 0) is 17.7 Å². The van der Waals surface area contributed by atoms with Gasteiger partial charge in [0.1, 0.15) is 17.2 Å². The second-order valence-electron chi connectivity index (χ2n) is 7.48. The Bertz CT molecular complexity index is 1050. The van der Waals surface area contributed by atoms with Gasteiger partial charge >= 0.3 is 6.09 Å². The Hall–Kier alpha value is -2.90. The highest BCUT2D eigenvalue weighted by molar-refractivity contribution is 5.87. The predicted octanol–water partition coefficient (Wildman–Crippen LogP) is 3.20. The number of carbonyl (C=O) groups excluding carboxylic acids is 1. The number of hydrogen-bond donors (Lipinski definition) is 0. The van der Waals surface area contributed by atoms with Crippen LogP contribution in [0.15, 0.2) is 21.6 Å². The minimum Gasteiger partial charge on any atom is -0.443 e. The molecule has 0 unspecified atom stereocenters. The second kappa shape index (κ2) is 6.68. The van der Waals surface area contributed by atoms with Crippen molar-refractivity contribution in [2.45, 2.75) is 60.1 Å². The molecule has 27 heavy (non-hydrogen) atoms. The van der Waals surface area contributed by atoms with Gasteiger partial charge in [0.15, 0.2) is 5.52 Å². The monoisotopic (exact) mass is 372 g/mol. The number of imidazole rings is 1. The van der Waals surface area contributed by atoms with Crippen LogP contribution in [0, 0.1) is 13.8 Å². The summed E-state index contributed by atoms with van der Waals surface area (Å²) in [6, 6.07) is 1.71. The molecule has 0 saturated heterocycles. The Balaban J connectivity index is 2.10. The summed E-state index contributed by atoms with van der Waals surface area (Å²) in [4.78, 5) is 30.0. The molecule has 0 atom stereocenters. The highest BCUT2D eigenvalue weighted by Gasteiger charge is 2.24. The molecular weight excluding hydrogens is 348 g/mol. The van der Waals surface area contributed by atoms with Gasteiger partial charge in [-0.3, -0.25) is 4.79 Å². The third-order valence-corrected chi connectivity index (χ3v) is 4.26. The lowest BCUT2D eigenvalue weighted by Crippen LogP contribution is -2.28. The number of rotatable bonds is 3. The second-order valence-corrected chi connectivity index (χ2v) is 7.48. The van der Waals surface area contributed by atoms with Crippen LogP contribution in [-0.4, -0.2) is 31.0 Å². The van der Waals surface area contributed by atoms with Gasteiger partial charge in [-0.1, -0.05) is 12.1 Å². The van der Waals surface area contributed by atoms with Crippen molar-refractivity contribution in [1.82, 2.24) is 19.3 Å². The Morgan fingerprint density at radius 3 is 2.56 bits per heavy atom. The third-order valence-electron chi connectivity index (χ3n) is 4.26. The van der Waals surface area contributed by atoms with Crippen LogP contribution in [0.1, 0.15) is 50.5 Å². The van der Waals surface area contributed by atoms with Gasteiger partial charge in [0.2, 0.25) is 0 Å².